The molecular weight excluding hydrogens is 343 g/mol. The molecule has 0 aliphatic carbocycles. The van der Waals surface area contributed by atoms with Gasteiger partial charge in [-0.05, 0) is 36.8 Å². The van der Waals surface area contributed by atoms with Gasteiger partial charge in [0, 0.05) is 10.0 Å². The molecule has 3 aromatic rings. The molecule has 7 heteroatoms. The van der Waals surface area contributed by atoms with Crippen LogP contribution in [0.1, 0.15) is 11.4 Å². The lowest BCUT2D eigenvalue weighted by atomic mass is 10.2. The molecule has 1 aromatic heterocycles. The standard InChI is InChI=1S/C15H10Cl2N2O2S/c1-8-18-14-12(4-5-13-15(14)22(13,20)21)19(8)7-9-2-3-10(16)6-11(9)17/h2-6H,7H2,1H3. The molecule has 0 N–H and O–H groups in total. The molecule has 0 saturated heterocycles. The van der Waals surface area contributed by atoms with Crippen molar-refractivity contribution in [3.8, 4) is 0 Å². The van der Waals surface area contributed by atoms with E-state index >= 15 is 0 Å². The van der Waals surface area contributed by atoms with Crippen LogP contribution < -0.4 is 0 Å². The van der Waals surface area contributed by atoms with E-state index in [0.29, 0.717) is 31.9 Å². The van der Waals surface area contributed by atoms with Crippen LogP contribution in [0.25, 0.3) is 11.0 Å². The van der Waals surface area contributed by atoms with Crippen molar-refractivity contribution < 1.29 is 8.42 Å². The predicted octanol–water partition coefficient (Wildman–Crippen LogP) is 3.85. The molecule has 0 radical (unpaired) electrons. The summed E-state index contributed by atoms with van der Waals surface area (Å²) in [7, 11) is -3.21. The Balaban J connectivity index is 1.87. The lowest BCUT2D eigenvalue weighted by Gasteiger charge is -2.09. The van der Waals surface area contributed by atoms with Crippen LogP contribution in [0.3, 0.4) is 0 Å². The fourth-order valence-corrected chi connectivity index (χ4v) is 4.62. The van der Waals surface area contributed by atoms with Crippen LogP contribution >= 0.6 is 23.2 Å². The van der Waals surface area contributed by atoms with E-state index in [4.69, 9.17) is 23.2 Å². The summed E-state index contributed by atoms with van der Waals surface area (Å²) in [4.78, 5) is 5.16. The first-order valence-electron chi connectivity index (χ1n) is 6.58. The zero-order chi connectivity index (χ0) is 15.6. The van der Waals surface area contributed by atoms with Crippen molar-refractivity contribution in [3.05, 3.63) is 51.8 Å². The fraction of sp³-hybridized carbons (Fsp3) is 0.133. The Morgan fingerprint density at radius 1 is 1.18 bits per heavy atom. The third-order valence-electron chi connectivity index (χ3n) is 3.89. The van der Waals surface area contributed by atoms with E-state index in [1.807, 2.05) is 17.6 Å². The molecular formula is C15H10Cl2N2O2S. The van der Waals surface area contributed by atoms with Crippen molar-refractivity contribution in [1.29, 1.82) is 0 Å². The molecule has 0 saturated carbocycles. The van der Waals surface area contributed by atoms with Gasteiger partial charge in [0.05, 0.1) is 17.0 Å². The van der Waals surface area contributed by atoms with Crippen LogP contribution in [0.15, 0.2) is 40.1 Å². The number of aryl methyl sites for hydroxylation is 1. The van der Waals surface area contributed by atoms with Gasteiger partial charge in [-0.3, -0.25) is 0 Å². The monoisotopic (exact) mass is 352 g/mol. The van der Waals surface area contributed by atoms with E-state index in [1.165, 1.54) is 0 Å². The largest absolute Gasteiger partial charge is 0.324 e. The van der Waals surface area contributed by atoms with E-state index in [0.717, 1.165) is 16.9 Å². The lowest BCUT2D eigenvalue weighted by Crippen LogP contribution is -2.02. The maximum absolute atomic E-state index is 11.8. The Morgan fingerprint density at radius 2 is 1.95 bits per heavy atom. The smallest absolute Gasteiger partial charge is 0.211 e. The summed E-state index contributed by atoms with van der Waals surface area (Å²) in [5.41, 5.74) is 2.24. The number of fused-ring (bicyclic) bond motifs is 3. The van der Waals surface area contributed by atoms with E-state index in [1.54, 1.807) is 24.3 Å². The van der Waals surface area contributed by atoms with Crippen molar-refractivity contribution in [2.24, 2.45) is 0 Å². The summed E-state index contributed by atoms with van der Waals surface area (Å²) in [6.07, 6.45) is 0. The zero-order valence-corrected chi connectivity index (χ0v) is 13.8. The lowest BCUT2D eigenvalue weighted by molar-refractivity contribution is 0.612. The van der Waals surface area contributed by atoms with Crippen molar-refractivity contribution in [2.75, 3.05) is 0 Å². The number of halogens is 2. The maximum Gasteiger partial charge on any atom is 0.211 e. The van der Waals surface area contributed by atoms with E-state index in [-0.39, 0.29) is 0 Å². The Kier molecular flexibility index (Phi) is 2.86. The number of aromatic nitrogens is 2. The third-order valence-corrected chi connectivity index (χ3v) is 6.14. The summed E-state index contributed by atoms with van der Waals surface area (Å²) in [5.74, 6) is 0.747. The van der Waals surface area contributed by atoms with Crippen LogP contribution in [-0.4, -0.2) is 18.0 Å². The molecule has 4 rings (SSSR count). The minimum atomic E-state index is -3.21. The predicted molar refractivity (Wildman–Crippen MR) is 85.5 cm³/mol. The zero-order valence-electron chi connectivity index (χ0n) is 11.5. The van der Waals surface area contributed by atoms with Gasteiger partial charge in [-0.25, -0.2) is 13.4 Å². The average molecular weight is 353 g/mol. The number of rotatable bonds is 2. The Bertz CT molecular complexity index is 1060. The van der Waals surface area contributed by atoms with Crippen LogP contribution in [0, 0.1) is 6.92 Å². The summed E-state index contributed by atoms with van der Waals surface area (Å²) >= 11 is 12.1. The first kappa shape index (κ1) is 14.1. The van der Waals surface area contributed by atoms with Crippen molar-refractivity contribution in [1.82, 2.24) is 9.55 Å². The normalized spacial score (nSPS) is 15.0. The van der Waals surface area contributed by atoms with Gasteiger partial charge in [0.15, 0.2) is 0 Å². The number of hydrogen-bond acceptors (Lipinski definition) is 3. The quantitative estimate of drug-likeness (QED) is 0.515. The highest BCUT2D eigenvalue weighted by molar-refractivity contribution is 7.97. The molecule has 22 heavy (non-hydrogen) atoms. The molecule has 4 nitrogen and oxygen atoms in total. The first-order valence-corrected chi connectivity index (χ1v) is 8.82. The van der Waals surface area contributed by atoms with E-state index in [2.05, 4.69) is 4.98 Å². The van der Waals surface area contributed by atoms with Crippen molar-refractivity contribution in [2.45, 2.75) is 23.3 Å². The van der Waals surface area contributed by atoms with Crippen LogP contribution in [-0.2, 0) is 16.4 Å². The van der Waals surface area contributed by atoms with Gasteiger partial charge in [-0.2, -0.15) is 0 Å². The Labute approximate surface area is 137 Å². The van der Waals surface area contributed by atoms with Crippen LogP contribution in [0.2, 0.25) is 10.0 Å². The van der Waals surface area contributed by atoms with Crippen molar-refractivity contribution in [3.63, 3.8) is 0 Å². The molecule has 2 heterocycles. The molecule has 1 aliphatic rings. The van der Waals surface area contributed by atoms with Gasteiger partial charge in [0.2, 0.25) is 9.84 Å². The number of sulfone groups is 1. The topological polar surface area (TPSA) is 52.0 Å². The van der Waals surface area contributed by atoms with Gasteiger partial charge in [-0.1, -0.05) is 29.3 Å². The highest BCUT2D eigenvalue weighted by Gasteiger charge is 2.42. The Morgan fingerprint density at radius 3 is 2.68 bits per heavy atom. The number of imidazole rings is 1. The number of nitrogens with zero attached hydrogens (tertiary/aromatic N) is 2. The summed E-state index contributed by atoms with van der Waals surface area (Å²) in [6.45, 7) is 2.36. The molecule has 0 amide bonds. The van der Waals surface area contributed by atoms with Gasteiger partial charge in [0.1, 0.15) is 16.2 Å². The van der Waals surface area contributed by atoms with Crippen molar-refractivity contribution >= 4 is 44.1 Å². The SMILES string of the molecule is Cc1nc2c3c(ccc2n1Cc1ccc(Cl)cc1Cl)S3(=O)=O. The third kappa shape index (κ3) is 1.89. The average Bonchev–Trinajstić information content (AvgIpc) is 2.86. The first-order chi connectivity index (χ1) is 10.4. The summed E-state index contributed by atoms with van der Waals surface area (Å²) in [6, 6.07) is 8.76. The molecule has 0 unspecified atom stereocenters. The second kappa shape index (κ2) is 4.47. The van der Waals surface area contributed by atoms with Gasteiger partial charge in [0.25, 0.3) is 0 Å². The van der Waals surface area contributed by atoms with Gasteiger partial charge < -0.3 is 4.57 Å². The summed E-state index contributed by atoms with van der Waals surface area (Å²) in [5, 5.41) is 1.16. The number of hydrogen-bond donors (Lipinski definition) is 0. The number of benzene rings is 2. The molecule has 1 aliphatic heterocycles. The molecule has 112 valence electrons. The Hall–Kier alpha value is -1.56. The minimum Gasteiger partial charge on any atom is -0.324 e. The van der Waals surface area contributed by atoms with Crippen LogP contribution in [0.4, 0.5) is 0 Å². The van der Waals surface area contributed by atoms with E-state index < -0.39 is 9.84 Å². The molecule has 2 aromatic carbocycles. The molecule has 0 spiro atoms. The highest BCUT2D eigenvalue weighted by Crippen LogP contribution is 2.45. The molecule has 0 bridgehead atoms. The maximum atomic E-state index is 11.8. The van der Waals surface area contributed by atoms with Crippen LogP contribution in [0.5, 0.6) is 0 Å². The second-order valence-corrected chi connectivity index (χ2v) is 7.94. The van der Waals surface area contributed by atoms with Gasteiger partial charge >= 0.3 is 0 Å². The second-order valence-electron chi connectivity index (χ2n) is 5.24. The molecule has 0 atom stereocenters. The molecule has 0 fully saturated rings. The highest BCUT2D eigenvalue weighted by atomic mass is 35.5. The summed E-state index contributed by atoms with van der Waals surface area (Å²) < 4.78 is 25.6. The van der Waals surface area contributed by atoms with E-state index in [9.17, 15) is 8.42 Å². The minimum absolute atomic E-state index is 0.356. The van der Waals surface area contributed by atoms with Gasteiger partial charge in [-0.15, -0.1) is 0 Å². The fourth-order valence-electron chi connectivity index (χ4n) is 2.71.